The number of methoxy groups -OCH3 is 1. The van der Waals surface area contributed by atoms with E-state index in [9.17, 15) is 0 Å². The molecule has 3 nitrogen and oxygen atoms in total. The number of hydrogen-bond donors (Lipinski definition) is 1. The fourth-order valence-corrected chi connectivity index (χ4v) is 2.96. The molecule has 2 unspecified atom stereocenters. The number of nitrogens with zero attached hydrogens (tertiary/aromatic N) is 1. The zero-order valence-corrected chi connectivity index (χ0v) is 13.1. The summed E-state index contributed by atoms with van der Waals surface area (Å²) in [6, 6.07) is 8.44. The SMILES string of the molecule is COc1cccc(CCN2CC(C)CNCC(C)C2)c1. The number of hydrogen-bond acceptors (Lipinski definition) is 3. The van der Waals surface area contributed by atoms with Crippen LogP contribution in [0.2, 0.25) is 0 Å². The van der Waals surface area contributed by atoms with E-state index in [1.165, 1.54) is 18.7 Å². The monoisotopic (exact) mass is 276 g/mol. The highest BCUT2D eigenvalue weighted by Gasteiger charge is 2.16. The highest BCUT2D eigenvalue weighted by atomic mass is 16.5. The first-order valence-electron chi connectivity index (χ1n) is 7.73. The molecule has 1 heterocycles. The predicted octanol–water partition coefficient (Wildman–Crippen LogP) is 2.42. The largest absolute Gasteiger partial charge is 0.497 e. The van der Waals surface area contributed by atoms with Gasteiger partial charge in [-0.15, -0.1) is 0 Å². The van der Waals surface area contributed by atoms with Crippen LogP contribution in [0.25, 0.3) is 0 Å². The van der Waals surface area contributed by atoms with Crippen molar-refractivity contribution in [3.8, 4) is 5.75 Å². The molecule has 20 heavy (non-hydrogen) atoms. The number of rotatable bonds is 4. The zero-order chi connectivity index (χ0) is 14.4. The molecule has 0 saturated carbocycles. The lowest BCUT2D eigenvalue weighted by Crippen LogP contribution is -2.43. The van der Waals surface area contributed by atoms with Crippen molar-refractivity contribution in [2.75, 3.05) is 39.8 Å². The molecule has 112 valence electrons. The van der Waals surface area contributed by atoms with Gasteiger partial charge < -0.3 is 15.0 Å². The smallest absolute Gasteiger partial charge is 0.119 e. The molecule has 1 aromatic carbocycles. The number of ether oxygens (including phenoxy) is 1. The molecule has 0 aromatic heterocycles. The first-order valence-corrected chi connectivity index (χ1v) is 7.73. The molecule has 1 saturated heterocycles. The van der Waals surface area contributed by atoms with Gasteiger partial charge in [0.2, 0.25) is 0 Å². The lowest BCUT2D eigenvalue weighted by molar-refractivity contribution is 0.187. The summed E-state index contributed by atoms with van der Waals surface area (Å²) in [5, 5.41) is 3.55. The lowest BCUT2D eigenvalue weighted by atomic mass is 10.0. The van der Waals surface area contributed by atoms with Crippen LogP contribution in [0, 0.1) is 11.8 Å². The lowest BCUT2D eigenvalue weighted by Gasteiger charge is -2.31. The molecular weight excluding hydrogens is 248 g/mol. The second-order valence-corrected chi connectivity index (χ2v) is 6.23. The van der Waals surface area contributed by atoms with Crippen LogP contribution in [-0.2, 0) is 6.42 Å². The van der Waals surface area contributed by atoms with Gasteiger partial charge in [0.1, 0.15) is 5.75 Å². The average molecular weight is 276 g/mol. The van der Waals surface area contributed by atoms with Crippen molar-refractivity contribution in [2.45, 2.75) is 20.3 Å². The van der Waals surface area contributed by atoms with Gasteiger partial charge in [-0.05, 0) is 49.0 Å². The molecule has 1 aliphatic rings. The molecule has 0 amide bonds. The maximum atomic E-state index is 5.30. The summed E-state index contributed by atoms with van der Waals surface area (Å²) in [5.74, 6) is 2.42. The fraction of sp³-hybridized carbons (Fsp3) is 0.647. The Bertz CT molecular complexity index is 396. The summed E-state index contributed by atoms with van der Waals surface area (Å²) >= 11 is 0. The van der Waals surface area contributed by atoms with Gasteiger partial charge in [-0.3, -0.25) is 0 Å². The van der Waals surface area contributed by atoms with Crippen LogP contribution in [0.4, 0.5) is 0 Å². The Morgan fingerprint density at radius 1 is 1.20 bits per heavy atom. The third kappa shape index (κ3) is 4.80. The Morgan fingerprint density at radius 3 is 2.55 bits per heavy atom. The average Bonchev–Trinajstić information content (AvgIpc) is 2.43. The molecule has 1 N–H and O–H groups in total. The van der Waals surface area contributed by atoms with Crippen molar-refractivity contribution in [3.63, 3.8) is 0 Å². The summed E-state index contributed by atoms with van der Waals surface area (Å²) in [7, 11) is 1.73. The quantitative estimate of drug-likeness (QED) is 0.914. The highest BCUT2D eigenvalue weighted by molar-refractivity contribution is 5.28. The highest BCUT2D eigenvalue weighted by Crippen LogP contribution is 2.14. The molecule has 1 aliphatic heterocycles. The van der Waals surface area contributed by atoms with Crippen molar-refractivity contribution < 1.29 is 4.74 Å². The van der Waals surface area contributed by atoms with Crippen molar-refractivity contribution >= 4 is 0 Å². The molecule has 2 atom stereocenters. The van der Waals surface area contributed by atoms with Crippen LogP contribution in [0.15, 0.2) is 24.3 Å². The molecule has 1 fully saturated rings. The third-order valence-electron chi connectivity index (χ3n) is 3.98. The van der Waals surface area contributed by atoms with Gasteiger partial charge in [0, 0.05) is 19.6 Å². The Hall–Kier alpha value is -1.06. The van der Waals surface area contributed by atoms with Crippen LogP contribution >= 0.6 is 0 Å². The van der Waals surface area contributed by atoms with Gasteiger partial charge in [-0.2, -0.15) is 0 Å². The van der Waals surface area contributed by atoms with Crippen molar-refractivity contribution in [3.05, 3.63) is 29.8 Å². The maximum absolute atomic E-state index is 5.30. The minimum absolute atomic E-state index is 0.729. The Labute approximate surface area is 123 Å². The molecule has 0 bridgehead atoms. The van der Waals surface area contributed by atoms with E-state index in [0.717, 1.165) is 43.6 Å². The Kier molecular flexibility index (Phi) is 5.86. The van der Waals surface area contributed by atoms with E-state index in [4.69, 9.17) is 4.74 Å². The van der Waals surface area contributed by atoms with E-state index in [1.807, 2.05) is 6.07 Å². The second kappa shape index (κ2) is 7.65. The second-order valence-electron chi connectivity index (χ2n) is 6.23. The van der Waals surface area contributed by atoms with E-state index in [2.05, 4.69) is 42.3 Å². The molecule has 0 radical (unpaired) electrons. The van der Waals surface area contributed by atoms with Crippen LogP contribution in [0.3, 0.4) is 0 Å². The van der Waals surface area contributed by atoms with E-state index >= 15 is 0 Å². The van der Waals surface area contributed by atoms with Crippen LogP contribution < -0.4 is 10.1 Å². The van der Waals surface area contributed by atoms with Crippen molar-refractivity contribution in [2.24, 2.45) is 11.8 Å². The Balaban J connectivity index is 1.89. The standard InChI is InChI=1S/C17H28N2O/c1-14-10-18-11-15(2)13-19(12-14)8-7-16-5-4-6-17(9-16)20-3/h4-6,9,14-15,18H,7-8,10-13H2,1-3H3. The van der Waals surface area contributed by atoms with Crippen molar-refractivity contribution in [1.29, 1.82) is 0 Å². The zero-order valence-electron chi connectivity index (χ0n) is 13.1. The van der Waals surface area contributed by atoms with Gasteiger partial charge in [0.25, 0.3) is 0 Å². The molecule has 0 spiro atoms. The minimum Gasteiger partial charge on any atom is -0.497 e. The molecule has 1 aromatic rings. The van der Waals surface area contributed by atoms with E-state index in [-0.39, 0.29) is 0 Å². The topological polar surface area (TPSA) is 24.5 Å². The maximum Gasteiger partial charge on any atom is 0.119 e. The van der Waals surface area contributed by atoms with Crippen LogP contribution in [0.5, 0.6) is 5.75 Å². The minimum atomic E-state index is 0.729. The first kappa shape index (κ1) is 15.3. The normalized spacial score (nSPS) is 24.9. The van der Waals surface area contributed by atoms with Crippen molar-refractivity contribution in [1.82, 2.24) is 10.2 Å². The summed E-state index contributed by atoms with van der Waals surface area (Å²) in [4.78, 5) is 2.62. The third-order valence-corrected chi connectivity index (χ3v) is 3.98. The summed E-state index contributed by atoms with van der Waals surface area (Å²) in [5.41, 5.74) is 1.37. The van der Waals surface area contributed by atoms with Gasteiger partial charge in [0.05, 0.1) is 7.11 Å². The predicted molar refractivity (Wildman–Crippen MR) is 84.3 cm³/mol. The molecule has 3 heteroatoms. The van der Waals surface area contributed by atoms with E-state index in [0.29, 0.717) is 0 Å². The number of nitrogens with one attached hydrogen (secondary N) is 1. The summed E-state index contributed by atoms with van der Waals surface area (Å²) in [6.45, 7) is 10.5. The number of benzene rings is 1. The molecule has 2 rings (SSSR count). The van der Waals surface area contributed by atoms with Gasteiger partial charge in [-0.25, -0.2) is 0 Å². The van der Waals surface area contributed by atoms with Gasteiger partial charge >= 0.3 is 0 Å². The first-order chi connectivity index (χ1) is 9.67. The molecule has 0 aliphatic carbocycles. The van der Waals surface area contributed by atoms with Gasteiger partial charge in [-0.1, -0.05) is 26.0 Å². The van der Waals surface area contributed by atoms with Crippen LogP contribution in [-0.4, -0.2) is 44.7 Å². The summed E-state index contributed by atoms with van der Waals surface area (Å²) in [6.07, 6.45) is 1.10. The van der Waals surface area contributed by atoms with E-state index in [1.54, 1.807) is 7.11 Å². The van der Waals surface area contributed by atoms with Gasteiger partial charge in [0.15, 0.2) is 0 Å². The van der Waals surface area contributed by atoms with E-state index < -0.39 is 0 Å². The fourth-order valence-electron chi connectivity index (χ4n) is 2.96. The Morgan fingerprint density at radius 2 is 1.90 bits per heavy atom. The molecular formula is C17H28N2O. The summed E-state index contributed by atoms with van der Waals surface area (Å²) < 4.78 is 5.30. The van der Waals surface area contributed by atoms with Crippen LogP contribution in [0.1, 0.15) is 19.4 Å².